The van der Waals surface area contributed by atoms with Crippen molar-refractivity contribution in [3.05, 3.63) is 34.9 Å². The van der Waals surface area contributed by atoms with E-state index in [4.69, 9.17) is 0 Å². The largest absolute Gasteiger partial charge is 0.338 e. The first-order valence-electron chi connectivity index (χ1n) is 5.17. The third kappa shape index (κ3) is 3.03. The van der Waals surface area contributed by atoms with Gasteiger partial charge in [-0.15, -0.1) is 0 Å². The van der Waals surface area contributed by atoms with Gasteiger partial charge in [0.15, 0.2) is 0 Å². The summed E-state index contributed by atoms with van der Waals surface area (Å²) >= 11 is 3.25. The number of alkyl halides is 1. The molecule has 5 heteroatoms. The second-order valence-corrected chi connectivity index (χ2v) is 4.65. The Morgan fingerprint density at radius 2 is 2.00 bits per heavy atom. The van der Waals surface area contributed by atoms with Gasteiger partial charge in [0.2, 0.25) is 0 Å². The number of amides is 1. The summed E-state index contributed by atoms with van der Waals surface area (Å²) in [6.07, 6.45) is 0. The Morgan fingerprint density at radius 1 is 1.41 bits per heavy atom. The SMILES string of the molecule is Cc1cc(C(=O)N(C)C(C)CBr)c(F)cc1F. The molecule has 1 amide bonds. The van der Waals surface area contributed by atoms with Gasteiger partial charge in [-0.2, -0.15) is 0 Å². The minimum absolute atomic E-state index is 0.0627. The molecule has 0 aliphatic carbocycles. The number of carbonyl (C=O) groups is 1. The van der Waals surface area contributed by atoms with Crippen molar-refractivity contribution < 1.29 is 13.6 Å². The fourth-order valence-electron chi connectivity index (χ4n) is 1.31. The fraction of sp³-hybridized carbons (Fsp3) is 0.417. The molecule has 0 aromatic heterocycles. The van der Waals surface area contributed by atoms with Crippen LogP contribution in [0.1, 0.15) is 22.8 Å². The average Bonchev–Trinajstić information content (AvgIpc) is 2.31. The molecule has 1 aromatic rings. The Kier molecular flexibility index (Phi) is 4.62. The molecule has 1 unspecified atom stereocenters. The van der Waals surface area contributed by atoms with Gasteiger partial charge in [-0.3, -0.25) is 4.79 Å². The van der Waals surface area contributed by atoms with Crippen molar-refractivity contribution >= 4 is 21.8 Å². The van der Waals surface area contributed by atoms with Gasteiger partial charge in [-0.25, -0.2) is 8.78 Å². The highest BCUT2D eigenvalue weighted by molar-refractivity contribution is 9.09. The van der Waals surface area contributed by atoms with E-state index in [9.17, 15) is 13.6 Å². The monoisotopic (exact) mass is 305 g/mol. The van der Waals surface area contributed by atoms with Crippen LogP contribution in [0.3, 0.4) is 0 Å². The number of nitrogens with zero attached hydrogens (tertiary/aromatic N) is 1. The molecule has 0 heterocycles. The molecule has 0 saturated carbocycles. The van der Waals surface area contributed by atoms with Crippen LogP contribution < -0.4 is 0 Å². The van der Waals surface area contributed by atoms with Gasteiger partial charge < -0.3 is 4.90 Å². The van der Waals surface area contributed by atoms with Crippen molar-refractivity contribution in [3.63, 3.8) is 0 Å². The molecule has 1 atom stereocenters. The van der Waals surface area contributed by atoms with Crippen molar-refractivity contribution in [1.29, 1.82) is 0 Å². The Labute approximate surface area is 108 Å². The smallest absolute Gasteiger partial charge is 0.256 e. The summed E-state index contributed by atoms with van der Waals surface area (Å²) in [5.74, 6) is -1.92. The van der Waals surface area contributed by atoms with Crippen molar-refractivity contribution in [3.8, 4) is 0 Å². The van der Waals surface area contributed by atoms with E-state index >= 15 is 0 Å². The van der Waals surface area contributed by atoms with Gasteiger partial charge >= 0.3 is 0 Å². The summed E-state index contributed by atoms with van der Waals surface area (Å²) in [6, 6.07) is 1.92. The van der Waals surface area contributed by atoms with E-state index in [0.29, 0.717) is 5.33 Å². The van der Waals surface area contributed by atoms with Crippen LogP contribution in [0.2, 0.25) is 0 Å². The molecule has 0 saturated heterocycles. The van der Waals surface area contributed by atoms with Crippen LogP contribution in [0.25, 0.3) is 0 Å². The molecule has 2 nitrogen and oxygen atoms in total. The first-order valence-corrected chi connectivity index (χ1v) is 6.29. The maximum atomic E-state index is 13.5. The zero-order chi connectivity index (χ0) is 13.2. The Morgan fingerprint density at radius 3 is 2.53 bits per heavy atom. The topological polar surface area (TPSA) is 20.3 Å². The van der Waals surface area contributed by atoms with Crippen molar-refractivity contribution in [2.24, 2.45) is 0 Å². The van der Waals surface area contributed by atoms with E-state index in [1.807, 2.05) is 6.92 Å². The summed E-state index contributed by atoms with van der Waals surface area (Å²) in [7, 11) is 1.59. The number of carbonyl (C=O) groups excluding carboxylic acids is 1. The third-order valence-electron chi connectivity index (χ3n) is 2.68. The van der Waals surface area contributed by atoms with E-state index in [2.05, 4.69) is 15.9 Å². The molecule has 0 aliphatic heterocycles. The number of halogens is 3. The van der Waals surface area contributed by atoms with Crippen molar-refractivity contribution in [2.45, 2.75) is 19.9 Å². The molecule has 0 fully saturated rings. The van der Waals surface area contributed by atoms with Crippen molar-refractivity contribution in [2.75, 3.05) is 12.4 Å². The predicted molar refractivity (Wildman–Crippen MR) is 66.4 cm³/mol. The number of hydrogen-bond acceptors (Lipinski definition) is 1. The van der Waals surface area contributed by atoms with Crippen LogP contribution >= 0.6 is 15.9 Å². The van der Waals surface area contributed by atoms with Crippen LogP contribution in [0.15, 0.2) is 12.1 Å². The molecule has 0 N–H and O–H groups in total. The molecular formula is C12H14BrF2NO. The van der Waals surface area contributed by atoms with E-state index in [1.165, 1.54) is 17.9 Å². The lowest BCUT2D eigenvalue weighted by Crippen LogP contribution is -2.36. The summed E-state index contributed by atoms with van der Waals surface area (Å²) in [5, 5.41) is 0.594. The molecule has 1 aromatic carbocycles. The van der Waals surface area contributed by atoms with Crippen molar-refractivity contribution in [1.82, 2.24) is 4.90 Å². The number of aryl methyl sites for hydroxylation is 1. The van der Waals surface area contributed by atoms with Gasteiger partial charge in [0.25, 0.3) is 5.91 Å². The third-order valence-corrected chi connectivity index (χ3v) is 3.62. The molecule has 0 aliphatic rings. The summed E-state index contributed by atoms with van der Waals surface area (Å²) < 4.78 is 26.6. The van der Waals surface area contributed by atoms with Gasteiger partial charge in [0.1, 0.15) is 11.6 Å². The Bertz CT molecular complexity index is 437. The van der Waals surface area contributed by atoms with Gasteiger partial charge in [0.05, 0.1) is 5.56 Å². The normalized spacial score (nSPS) is 12.4. The zero-order valence-electron chi connectivity index (χ0n) is 9.93. The van der Waals surface area contributed by atoms with Gasteiger partial charge in [-0.05, 0) is 25.5 Å². The average molecular weight is 306 g/mol. The molecule has 0 bridgehead atoms. The molecule has 17 heavy (non-hydrogen) atoms. The molecular weight excluding hydrogens is 292 g/mol. The lowest BCUT2D eigenvalue weighted by atomic mass is 10.1. The molecule has 0 radical (unpaired) electrons. The quantitative estimate of drug-likeness (QED) is 0.786. The lowest BCUT2D eigenvalue weighted by Gasteiger charge is -2.23. The minimum Gasteiger partial charge on any atom is -0.338 e. The fourth-order valence-corrected chi connectivity index (χ4v) is 1.75. The predicted octanol–water partition coefficient (Wildman–Crippen LogP) is 3.13. The van der Waals surface area contributed by atoms with E-state index in [0.717, 1.165) is 6.07 Å². The summed E-state index contributed by atoms with van der Waals surface area (Å²) in [6.45, 7) is 3.33. The lowest BCUT2D eigenvalue weighted by molar-refractivity contribution is 0.0753. The number of hydrogen-bond donors (Lipinski definition) is 0. The van der Waals surface area contributed by atoms with Crippen LogP contribution in [-0.2, 0) is 0 Å². The first kappa shape index (κ1) is 14.1. The van der Waals surface area contributed by atoms with Crippen LogP contribution in [0, 0.1) is 18.6 Å². The summed E-state index contributed by atoms with van der Waals surface area (Å²) in [5.41, 5.74) is 0.161. The van der Waals surface area contributed by atoms with E-state index in [1.54, 1.807) is 7.05 Å². The van der Waals surface area contributed by atoms with Crippen LogP contribution in [0.5, 0.6) is 0 Å². The first-order chi connectivity index (χ1) is 7.88. The highest BCUT2D eigenvalue weighted by Gasteiger charge is 2.21. The summed E-state index contributed by atoms with van der Waals surface area (Å²) in [4.78, 5) is 13.4. The zero-order valence-corrected chi connectivity index (χ0v) is 11.5. The highest BCUT2D eigenvalue weighted by atomic mass is 79.9. The minimum atomic E-state index is -0.827. The van der Waals surface area contributed by atoms with E-state index < -0.39 is 17.5 Å². The standard InChI is InChI=1S/C12H14BrF2NO/c1-7-4-9(11(15)5-10(7)14)12(17)16(3)8(2)6-13/h4-5,8H,6H2,1-3H3. The van der Waals surface area contributed by atoms with Crippen LogP contribution in [-0.4, -0.2) is 29.2 Å². The second-order valence-electron chi connectivity index (χ2n) is 4.00. The van der Waals surface area contributed by atoms with Gasteiger partial charge in [-0.1, -0.05) is 15.9 Å². The Balaban J connectivity index is 3.08. The maximum Gasteiger partial charge on any atom is 0.256 e. The maximum absolute atomic E-state index is 13.5. The number of rotatable bonds is 3. The second kappa shape index (κ2) is 5.58. The van der Waals surface area contributed by atoms with Crippen LogP contribution in [0.4, 0.5) is 8.78 Å². The highest BCUT2D eigenvalue weighted by Crippen LogP contribution is 2.17. The van der Waals surface area contributed by atoms with Gasteiger partial charge in [0, 0.05) is 24.5 Å². The number of benzene rings is 1. The Hall–Kier alpha value is -0.970. The van der Waals surface area contributed by atoms with E-state index in [-0.39, 0.29) is 17.2 Å². The molecule has 94 valence electrons. The molecule has 0 spiro atoms. The molecule has 1 rings (SSSR count).